The fraction of sp³-hybridized carbons (Fsp3) is 0.708. The van der Waals surface area contributed by atoms with Crippen LogP contribution in [0.2, 0.25) is 5.02 Å². The summed E-state index contributed by atoms with van der Waals surface area (Å²) >= 11 is 6.25. The highest BCUT2D eigenvalue weighted by atomic mass is 35.5. The van der Waals surface area contributed by atoms with Crippen molar-refractivity contribution in [2.75, 3.05) is 66.1 Å². The second-order valence-corrected chi connectivity index (χ2v) is 12.0. The number of carbonyl (C=O) groups is 1. The summed E-state index contributed by atoms with van der Waals surface area (Å²) in [6.07, 6.45) is 3.87. The molecule has 190 valence electrons. The first-order valence-electron chi connectivity index (χ1n) is 12.3. The largest absolute Gasteiger partial charge is 0.370 e. The average Bonchev–Trinajstić information content (AvgIpc) is 3.29. The predicted molar refractivity (Wildman–Crippen MR) is 133 cm³/mol. The molecule has 1 atom stereocenters. The van der Waals surface area contributed by atoms with Crippen LogP contribution in [0.5, 0.6) is 0 Å². The van der Waals surface area contributed by atoms with Gasteiger partial charge in [-0.15, -0.1) is 0 Å². The van der Waals surface area contributed by atoms with E-state index in [2.05, 4.69) is 16.8 Å². The minimum absolute atomic E-state index is 0.0102. The average molecular weight is 513 g/mol. The number of aryl methyl sites for hydroxylation is 1. The first-order chi connectivity index (χ1) is 16.3. The maximum absolute atomic E-state index is 13.3. The summed E-state index contributed by atoms with van der Waals surface area (Å²) < 4.78 is 33.9. The summed E-state index contributed by atoms with van der Waals surface area (Å²) in [6.45, 7) is 7.95. The van der Waals surface area contributed by atoms with E-state index in [1.165, 1.54) is 17.1 Å². The number of ether oxygens (including phenoxy) is 1. The number of piperidine rings is 1. The van der Waals surface area contributed by atoms with E-state index in [0.29, 0.717) is 24.6 Å². The van der Waals surface area contributed by atoms with Crippen molar-refractivity contribution in [3.05, 3.63) is 28.8 Å². The molecule has 0 spiro atoms. The Morgan fingerprint density at radius 3 is 2.44 bits per heavy atom. The normalized spacial score (nSPS) is 24.1. The van der Waals surface area contributed by atoms with Crippen LogP contribution in [-0.2, 0) is 19.6 Å². The monoisotopic (exact) mass is 512 g/mol. The summed E-state index contributed by atoms with van der Waals surface area (Å²) in [7, 11) is -1.55. The quantitative estimate of drug-likeness (QED) is 0.557. The Labute approximate surface area is 208 Å². The summed E-state index contributed by atoms with van der Waals surface area (Å²) in [5.41, 5.74) is 0.633. The van der Waals surface area contributed by atoms with E-state index in [-0.39, 0.29) is 35.1 Å². The zero-order valence-corrected chi connectivity index (χ0v) is 21.9. The molecule has 1 aromatic carbocycles. The summed E-state index contributed by atoms with van der Waals surface area (Å²) in [6, 6.07) is 5.46. The van der Waals surface area contributed by atoms with Gasteiger partial charge in [-0.05, 0) is 64.4 Å². The number of piperazine rings is 1. The molecule has 0 radical (unpaired) electrons. The lowest BCUT2D eigenvalue weighted by molar-refractivity contribution is -0.138. The molecule has 0 saturated carbocycles. The van der Waals surface area contributed by atoms with Crippen molar-refractivity contribution in [3.63, 3.8) is 0 Å². The smallest absolute Gasteiger partial charge is 0.248 e. The Kier molecular flexibility index (Phi) is 8.53. The van der Waals surface area contributed by atoms with Crippen molar-refractivity contribution in [1.29, 1.82) is 0 Å². The van der Waals surface area contributed by atoms with Crippen molar-refractivity contribution in [1.82, 2.24) is 19.0 Å². The Bertz CT molecular complexity index is 939. The summed E-state index contributed by atoms with van der Waals surface area (Å²) in [5.74, 6) is -0.0163. The van der Waals surface area contributed by atoms with Crippen LogP contribution in [0, 0.1) is 6.92 Å². The zero-order chi connectivity index (χ0) is 24.3. The van der Waals surface area contributed by atoms with Gasteiger partial charge in [0.2, 0.25) is 15.9 Å². The lowest BCUT2D eigenvalue weighted by Crippen LogP contribution is -2.54. The number of hydrogen-bond acceptors (Lipinski definition) is 6. The van der Waals surface area contributed by atoms with Gasteiger partial charge in [0.05, 0.1) is 11.6 Å². The number of amides is 1. The molecule has 0 bridgehead atoms. The van der Waals surface area contributed by atoms with Crippen LogP contribution in [0.1, 0.15) is 31.2 Å². The van der Waals surface area contributed by atoms with Crippen molar-refractivity contribution >= 4 is 27.5 Å². The van der Waals surface area contributed by atoms with E-state index < -0.39 is 10.0 Å². The second kappa shape index (κ2) is 11.2. The summed E-state index contributed by atoms with van der Waals surface area (Å²) in [4.78, 5) is 19.7. The number of sulfonamides is 1. The van der Waals surface area contributed by atoms with Crippen molar-refractivity contribution in [2.45, 2.75) is 49.6 Å². The standard InChI is InChI=1S/C24H37ClN4O4S/c1-19-5-3-7-22(25)24(19)34(31,32)29-10-4-6-21(29)17-33-18-23(30)28-15-13-27(14-16-28)20-8-11-26(2)12-9-20/h3,5,7,20-21H,4,6,8-18H2,1-2H3. The maximum atomic E-state index is 13.3. The van der Waals surface area contributed by atoms with Gasteiger partial charge >= 0.3 is 0 Å². The number of carbonyl (C=O) groups excluding carboxylic acids is 1. The highest BCUT2D eigenvalue weighted by Crippen LogP contribution is 2.32. The van der Waals surface area contributed by atoms with Crippen LogP contribution in [0.4, 0.5) is 0 Å². The molecule has 3 fully saturated rings. The highest BCUT2D eigenvalue weighted by Gasteiger charge is 2.37. The SMILES string of the molecule is Cc1cccc(Cl)c1S(=O)(=O)N1CCCC1COCC(=O)N1CCN(C2CCN(C)CC2)CC1. The first-order valence-corrected chi connectivity index (χ1v) is 14.1. The fourth-order valence-electron chi connectivity index (χ4n) is 5.42. The molecule has 34 heavy (non-hydrogen) atoms. The minimum Gasteiger partial charge on any atom is -0.370 e. The minimum atomic E-state index is -3.72. The van der Waals surface area contributed by atoms with Gasteiger partial charge < -0.3 is 14.5 Å². The van der Waals surface area contributed by atoms with E-state index >= 15 is 0 Å². The third-order valence-corrected chi connectivity index (χ3v) is 10.0. The third kappa shape index (κ3) is 5.77. The number of hydrogen-bond donors (Lipinski definition) is 0. The van der Waals surface area contributed by atoms with E-state index in [1.54, 1.807) is 25.1 Å². The van der Waals surface area contributed by atoms with Crippen molar-refractivity contribution < 1.29 is 17.9 Å². The number of likely N-dealkylation sites (tertiary alicyclic amines) is 1. The van der Waals surface area contributed by atoms with E-state index in [0.717, 1.165) is 45.7 Å². The number of rotatable bonds is 7. The van der Waals surface area contributed by atoms with E-state index in [9.17, 15) is 13.2 Å². The Morgan fingerprint density at radius 2 is 1.76 bits per heavy atom. The maximum Gasteiger partial charge on any atom is 0.248 e. The fourth-order valence-corrected chi connectivity index (χ4v) is 7.89. The van der Waals surface area contributed by atoms with Gasteiger partial charge in [0.25, 0.3) is 0 Å². The molecule has 3 heterocycles. The molecule has 1 aromatic rings. The molecular weight excluding hydrogens is 476 g/mol. The van der Waals surface area contributed by atoms with E-state index in [4.69, 9.17) is 16.3 Å². The molecule has 3 aliphatic rings. The Balaban J connectivity index is 1.25. The lowest BCUT2D eigenvalue weighted by atomic mass is 10.0. The lowest BCUT2D eigenvalue weighted by Gasteiger charge is -2.42. The number of nitrogens with zero attached hydrogens (tertiary/aromatic N) is 4. The topological polar surface area (TPSA) is 73.4 Å². The summed E-state index contributed by atoms with van der Waals surface area (Å²) in [5, 5.41) is 0.237. The molecule has 3 saturated heterocycles. The van der Waals surface area contributed by atoms with Crippen LogP contribution in [0.3, 0.4) is 0 Å². The van der Waals surface area contributed by atoms with Crippen LogP contribution >= 0.6 is 11.6 Å². The molecule has 1 unspecified atom stereocenters. The Morgan fingerprint density at radius 1 is 1.06 bits per heavy atom. The van der Waals surface area contributed by atoms with Gasteiger partial charge in [0.15, 0.2) is 0 Å². The molecule has 3 aliphatic heterocycles. The van der Waals surface area contributed by atoms with Gasteiger partial charge in [-0.2, -0.15) is 4.31 Å². The van der Waals surface area contributed by atoms with Gasteiger partial charge in [0, 0.05) is 44.8 Å². The molecule has 10 heteroatoms. The van der Waals surface area contributed by atoms with Crippen molar-refractivity contribution in [2.24, 2.45) is 0 Å². The van der Waals surface area contributed by atoms with Crippen molar-refractivity contribution in [3.8, 4) is 0 Å². The van der Waals surface area contributed by atoms with Gasteiger partial charge in [-0.1, -0.05) is 23.7 Å². The molecule has 0 aliphatic carbocycles. The molecule has 4 rings (SSSR count). The highest BCUT2D eigenvalue weighted by molar-refractivity contribution is 7.89. The molecule has 0 aromatic heterocycles. The molecular formula is C24H37ClN4O4S. The second-order valence-electron chi connectivity index (χ2n) is 9.76. The van der Waals surface area contributed by atoms with Gasteiger partial charge in [0.1, 0.15) is 11.5 Å². The molecule has 8 nitrogen and oxygen atoms in total. The zero-order valence-electron chi connectivity index (χ0n) is 20.3. The Hall–Kier alpha value is -1.23. The van der Waals surface area contributed by atoms with Gasteiger partial charge in [-0.3, -0.25) is 9.69 Å². The third-order valence-electron chi connectivity index (χ3n) is 7.46. The first kappa shape index (κ1) is 25.9. The van der Waals surface area contributed by atoms with Crippen LogP contribution in [0.25, 0.3) is 0 Å². The van der Waals surface area contributed by atoms with E-state index in [1.807, 2.05) is 4.90 Å². The predicted octanol–water partition coefficient (Wildman–Crippen LogP) is 2.06. The van der Waals surface area contributed by atoms with Gasteiger partial charge in [-0.25, -0.2) is 8.42 Å². The molecule has 0 N–H and O–H groups in total. The van der Waals surface area contributed by atoms with Crippen LogP contribution in [-0.4, -0.2) is 111 Å². The van der Waals surface area contributed by atoms with Crippen LogP contribution < -0.4 is 0 Å². The van der Waals surface area contributed by atoms with Crippen LogP contribution in [0.15, 0.2) is 23.1 Å². The number of halogens is 1. The molecule has 1 amide bonds. The number of benzene rings is 1.